The number of rotatable bonds is 59. The van der Waals surface area contributed by atoms with Gasteiger partial charge in [0.25, 0.3) is 0 Å². The summed E-state index contributed by atoms with van der Waals surface area (Å²) in [4.78, 5) is 34.6. The lowest BCUT2D eigenvalue weighted by atomic mass is 9.81. The Hall–Kier alpha value is -5.29. The van der Waals surface area contributed by atoms with Crippen molar-refractivity contribution < 1.29 is 144 Å². The molecule has 43 nitrogen and oxygen atoms in total. The predicted octanol–water partition coefficient (Wildman–Crippen LogP) is -6.99. The molecule has 7 saturated heterocycles. The summed E-state index contributed by atoms with van der Waals surface area (Å²) in [5.41, 5.74) is -3.28. The number of aliphatic hydroxyl groups excluding tert-OH is 5. The largest absolute Gasteiger partial charge is 0.388 e. The molecule has 43 heteroatoms. The second kappa shape index (κ2) is 45.6. The van der Waals surface area contributed by atoms with Crippen molar-refractivity contribution in [3.63, 3.8) is 0 Å². The van der Waals surface area contributed by atoms with Crippen LogP contribution in [0.2, 0.25) is 0 Å². The van der Waals surface area contributed by atoms with Crippen LogP contribution in [0.1, 0.15) is 44.8 Å². The van der Waals surface area contributed by atoms with E-state index in [2.05, 4.69) is 52.2 Å². The van der Waals surface area contributed by atoms with E-state index in [1.165, 1.54) is 20.8 Å². The highest BCUT2D eigenvalue weighted by atomic mass is 16.8. The van der Waals surface area contributed by atoms with Crippen molar-refractivity contribution in [2.24, 2.45) is 0 Å². The first-order valence-electron chi connectivity index (χ1n) is 36.7. The van der Waals surface area contributed by atoms with Crippen LogP contribution >= 0.6 is 0 Å². The van der Waals surface area contributed by atoms with Gasteiger partial charge in [-0.05, 0) is 6.54 Å². The first-order valence-corrected chi connectivity index (χ1v) is 36.7. The third-order valence-electron chi connectivity index (χ3n) is 18.2. The van der Waals surface area contributed by atoms with Gasteiger partial charge in [0.2, 0.25) is 17.7 Å². The fraction of sp³-hybridized carbons (Fsp3) is 0.864. The van der Waals surface area contributed by atoms with E-state index in [9.17, 15) is 45.0 Å². The molecule has 3 aromatic rings. The van der Waals surface area contributed by atoms with Crippen molar-refractivity contribution in [1.29, 1.82) is 0 Å². The minimum absolute atomic E-state index is 0.00130. The third kappa shape index (κ3) is 26.9. The molecular weight excluding hydrogens is 1450 g/mol. The van der Waals surface area contributed by atoms with E-state index >= 15 is 0 Å². The van der Waals surface area contributed by atoms with Gasteiger partial charge in [-0.2, -0.15) is 0 Å². The van der Waals surface area contributed by atoms with E-state index in [1.54, 1.807) is 32.6 Å². The Morgan fingerprint density at radius 1 is 0.450 bits per heavy atom. The van der Waals surface area contributed by atoms with Gasteiger partial charge in [-0.25, -0.2) is 14.0 Å². The van der Waals surface area contributed by atoms with Crippen molar-refractivity contribution >= 4 is 17.7 Å². The van der Waals surface area contributed by atoms with Crippen LogP contribution < -0.4 is 21.3 Å². The summed E-state index contributed by atoms with van der Waals surface area (Å²) >= 11 is 0. The first kappa shape index (κ1) is 87.7. The highest BCUT2D eigenvalue weighted by Gasteiger charge is 2.62. The fourth-order valence-electron chi connectivity index (χ4n) is 12.6. The number of likely N-dealkylation sites (N-methyl/N-ethyl adjacent to an activating group) is 1. The standard InChI is InChI=1S/C66H111N13O30/c1-5-67-63(37-101-33-48-30-77(74-71-48)6-9-89-12-15-92-18-21-95-24-27-98-36-51-66(88)44-106-60(107-51)54(57(66)85)70-47(4)82,38-102-34-49-31-78(75-72-49)7-10-90-13-16-93-19-22-96-25-28-99-40-64-42-104-61(108-64)52(68-45(2)80)55(83)58(64)86)39-103-35-50-32-79(76-73-50)8-11-91-14-17-94-20-23-97-26-29-100-41-65-43-105-62(109-65)53(69-46(3)81)56(84)59(65)87/h30-32,51-62,67,83-88H,5-29,33-44H2,1-4H3,(H,68,80)(H,69,81)(H,70,82)/t51-,52-,53-,54-,55-,56-,57-,58-,59-,60?,61-,62-,64+,65+,66?/m1/s1. The zero-order valence-corrected chi connectivity index (χ0v) is 62.3. The number of nitrogens with one attached hydrogen (secondary N) is 4. The number of hydrogen-bond acceptors (Lipinski definition) is 37. The molecule has 7 aliphatic heterocycles. The monoisotopic (exact) mass is 1570 g/mol. The maximum Gasteiger partial charge on any atom is 0.217 e. The topological polar surface area (TPSA) is 507 Å². The van der Waals surface area contributed by atoms with Crippen LogP contribution in [0.4, 0.5) is 0 Å². The summed E-state index contributed by atoms with van der Waals surface area (Å²) in [7, 11) is 0. The number of carbonyl (C=O) groups is 3. The van der Waals surface area contributed by atoms with Crippen molar-refractivity contribution in [3.8, 4) is 0 Å². The smallest absolute Gasteiger partial charge is 0.217 e. The van der Waals surface area contributed by atoms with E-state index in [0.717, 1.165) is 0 Å². The number of aromatic nitrogens is 9. The molecule has 0 spiro atoms. The van der Waals surface area contributed by atoms with Crippen LogP contribution in [0.25, 0.3) is 0 Å². The Bertz CT molecular complexity index is 2970. The highest BCUT2D eigenvalue weighted by molar-refractivity contribution is 5.74. The number of carbonyl (C=O) groups excluding carboxylic acids is 3. The Balaban J connectivity index is 0.622. The molecule has 0 aromatic carbocycles. The van der Waals surface area contributed by atoms with Crippen molar-refractivity contribution in [2.45, 2.75) is 163 Å². The van der Waals surface area contributed by atoms with Crippen molar-refractivity contribution in [2.75, 3.05) is 205 Å². The summed E-state index contributed by atoms with van der Waals surface area (Å²) in [5, 5.41) is 101. The molecule has 7 aliphatic rings. The highest BCUT2D eigenvalue weighted by Crippen LogP contribution is 2.40. The van der Waals surface area contributed by atoms with Crippen LogP contribution in [-0.4, -0.2) is 394 Å². The molecule has 2 unspecified atom stereocenters. The molecule has 10 heterocycles. The van der Waals surface area contributed by atoms with E-state index < -0.39 is 96.0 Å². The molecular formula is C66H111N13O30. The van der Waals surface area contributed by atoms with Crippen LogP contribution in [0.15, 0.2) is 18.6 Å². The maximum absolute atomic E-state index is 11.5. The quantitative estimate of drug-likeness (QED) is 0.0235. The van der Waals surface area contributed by atoms with Gasteiger partial charge in [0.05, 0.1) is 262 Å². The summed E-state index contributed by atoms with van der Waals surface area (Å²) < 4.78 is 126. The number of nitrogens with zero attached hydrogens (tertiary/aromatic N) is 9. The van der Waals surface area contributed by atoms with Gasteiger partial charge in [0.1, 0.15) is 88.6 Å². The Labute approximate surface area is 630 Å². The molecule has 0 radical (unpaired) electrons. The van der Waals surface area contributed by atoms with Crippen molar-refractivity contribution in [1.82, 2.24) is 66.2 Å². The van der Waals surface area contributed by atoms with E-state index in [0.29, 0.717) is 142 Å². The number of ether oxygens (including phenoxy) is 21. The maximum atomic E-state index is 11.5. The van der Waals surface area contributed by atoms with E-state index in [-0.39, 0.29) is 137 Å². The summed E-state index contributed by atoms with van der Waals surface area (Å²) in [6.45, 7) is 14.9. The lowest BCUT2D eigenvalue weighted by Crippen LogP contribution is -2.76. The Morgan fingerprint density at radius 3 is 1.14 bits per heavy atom. The van der Waals surface area contributed by atoms with Crippen LogP contribution in [-0.2, 0) is 153 Å². The normalized spacial score (nSPS) is 27.8. The molecule has 620 valence electrons. The molecule has 6 bridgehead atoms. The van der Waals surface area contributed by atoms with Gasteiger partial charge >= 0.3 is 0 Å². The molecule has 10 N–H and O–H groups in total. The lowest BCUT2D eigenvalue weighted by molar-refractivity contribution is -0.370. The summed E-state index contributed by atoms with van der Waals surface area (Å²) in [6, 6.07) is -2.68. The average Bonchev–Trinajstić information content (AvgIpc) is 1.65. The molecule has 0 aliphatic carbocycles. The van der Waals surface area contributed by atoms with Gasteiger partial charge in [-0.15, -0.1) is 15.3 Å². The third-order valence-corrected chi connectivity index (χ3v) is 18.2. The minimum atomic E-state index is -1.73. The van der Waals surface area contributed by atoms with Crippen LogP contribution in [0.3, 0.4) is 0 Å². The zero-order chi connectivity index (χ0) is 77.3. The number of fused-ring (bicyclic) bond motifs is 7. The minimum Gasteiger partial charge on any atom is -0.388 e. The predicted molar refractivity (Wildman–Crippen MR) is 365 cm³/mol. The molecule has 0 saturated carbocycles. The van der Waals surface area contributed by atoms with Crippen LogP contribution in [0.5, 0.6) is 0 Å². The van der Waals surface area contributed by atoms with Gasteiger partial charge in [0, 0.05) is 20.8 Å². The first-order chi connectivity index (χ1) is 52.8. The summed E-state index contributed by atoms with van der Waals surface area (Å²) in [5.74, 6) is -1.14. The number of hydrogen-bond donors (Lipinski definition) is 10. The Morgan fingerprint density at radius 2 is 0.780 bits per heavy atom. The number of aliphatic hydroxyl groups is 6. The molecule has 10 rings (SSSR count). The van der Waals surface area contributed by atoms with E-state index in [1.807, 2.05) is 6.92 Å². The SMILES string of the molecule is CCNC(COCc1cn(CCOCCOCCOCCOC[C@H]2OC3OCC2(O)[C@H](O)[C@H]3NC(C)=O)nn1)(COCc1cn(CCOCCOCCOCCOC[C@@]23CO[C@H](O2)[C@H](NC(C)=O)[C@@H](O)[C@H]3O)nn1)COCc1cn(CCOCCOCCOCCOC[C@@]23CO[C@H](O2)[C@H](NC(C)=O)[C@@H](O)[C@H]3O)nn1. The molecule has 109 heavy (non-hydrogen) atoms. The van der Waals surface area contributed by atoms with Crippen LogP contribution in [0, 0.1) is 0 Å². The molecule has 3 amide bonds. The van der Waals surface area contributed by atoms with Gasteiger partial charge < -0.3 is 151 Å². The van der Waals surface area contributed by atoms with Gasteiger partial charge in [-0.1, -0.05) is 22.6 Å². The molecule has 15 atom stereocenters. The second-order valence-corrected chi connectivity index (χ2v) is 26.9. The van der Waals surface area contributed by atoms with Crippen molar-refractivity contribution in [3.05, 3.63) is 35.7 Å². The Kier molecular flexibility index (Phi) is 36.6. The summed E-state index contributed by atoms with van der Waals surface area (Å²) in [6.07, 6.45) is -4.67. The fourth-order valence-corrected chi connectivity index (χ4v) is 12.6. The lowest BCUT2D eigenvalue weighted by Gasteiger charge is -2.54. The van der Waals surface area contributed by atoms with E-state index in [4.69, 9.17) is 99.5 Å². The average molecular weight is 1570 g/mol. The zero-order valence-electron chi connectivity index (χ0n) is 62.3. The molecule has 3 aromatic heterocycles. The van der Waals surface area contributed by atoms with Gasteiger partial charge in [-0.3, -0.25) is 14.4 Å². The number of amides is 3. The second-order valence-electron chi connectivity index (χ2n) is 26.9. The molecule has 7 fully saturated rings. The van der Waals surface area contributed by atoms with Gasteiger partial charge in [0.15, 0.2) is 18.9 Å².